The smallest absolute Gasteiger partial charge is 0.0122 e. The van der Waals surface area contributed by atoms with Gasteiger partial charge in [0.2, 0.25) is 0 Å². The Morgan fingerprint density at radius 2 is 1.69 bits per heavy atom. The van der Waals surface area contributed by atoms with Crippen LogP contribution in [-0.2, 0) is 0 Å². The Balaban J connectivity index is 0.000000758. The molecule has 0 bridgehead atoms. The average molecular weight is 365 g/mol. The Hall–Kier alpha value is -1.73. The van der Waals surface area contributed by atoms with Crippen molar-refractivity contribution in [3.8, 4) is 0 Å². The molecule has 1 aromatic carbocycles. The van der Waals surface area contributed by atoms with Crippen LogP contribution >= 0.6 is 11.8 Å². The van der Waals surface area contributed by atoms with Crippen LogP contribution in [-0.4, -0.2) is 0 Å². The molecule has 1 unspecified atom stereocenters. The van der Waals surface area contributed by atoms with E-state index < -0.39 is 0 Å². The van der Waals surface area contributed by atoms with Crippen molar-refractivity contribution in [3.05, 3.63) is 82.8 Å². The van der Waals surface area contributed by atoms with E-state index >= 15 is 0 Å². The van der Waals surface area contributed by atoms with E-state index in [9.17, 15) is 0 Å². The lowest BCUT2D eigenvalue weighted by atomic mass is 9.94. The summed E-state index contributed by atoms with van der Waals surface area (Å²) in [7, 11) is 0. The molecule has 0 heterocycles. The topological polar surface area (TPSA) is 0 Å². The summed E-state index contributed by atoms with van der Waals surface area (Å²) in [6.07, 6.45) is 20.5. The van der Waals surface area contributed by atoms with Gasteiger partial charge in [0.25, 0.3) is 0 Å². The molecule has 0 saturated heterocycles. The highest BCUT2D eigenvalue weighted by atomic mass is 32.2. The zero-order valence-corrected chi connectivity index (χ0v) is 17.5. The number of benzene rings is 1. The van der Waals surface area contributed by atoms with E-state index in [-0.39, 0.29) is 0 Å². The molecule has 0 saturated carbocycles. The monoisotopic (exact) mass is 364 g/mol. The SMILES string of the molecule is CCC.CCC1=CC=C(Sc2ccc(C3=CC(C)CC=C3)cc2)C=CC1. The molecule has 138 valence electrons. The molecular formula is C25H32S. The average Bonchev–Trinajstić information content (AvgIpc) is 2.88. The molecule has 0 nitrogen and oxygen atoms in total. The summed E-state index contributed by atoms with van der Waals surface area (Å²) in [4.78, 5) is 2.61. The van der Waals surface area contributed by atoms with E-state index in [1.165, 1.54) is 32.9 Å². The highest BCUT2D eigenvalue weighted by molar-refractivity contribution is 8.03. The van der Waals surface area contributed by atoms with Crippen LogP contribution in [0, 0.1) is 5.92 Å². The predicted octanol–water partition coefficient (Wildman–Crippen LogP) is 8.35. The van der Waals surface area contributed by atoms with Gasteiger partial charge in [-0.15, -0.1) is 0 Å². The second-order valence-electron chi connectivity index (χ2n) is 6.92. The van der Waals surface area contributed by atoms with Gasteiger partial charge >= 0.3 is 0 Å². The van der Waals surface area contributed by atoms with E-state index in [1.807, 2.05) is 11.8 Å². The minimum atomic E-state index is 0.643. The Labute approximate surface area is 164 Å². The van der Waals surface area contributed by atoms with Crippen molar-refractivity contribution in [2.45, 2.75) is 58.3 Å². The molecule has 1 atom stereocenters. The largest absolute Gasteiger partial charge is 0.0901 e. The normalized spacial score (nSPS) is 18.9. The first-order valence-corrected chi connectivity index (χ1v) is 10.7. The molecule has 0 amide bonds. The van der Waals surface area contributed by atoms with Crippen molar-refractivity contribution in [2.75, 3.05) is 0 Å². The summed E-state index contributed by atoms with van der Waals surface area (Å²) in [5.74, 6) is 0.643. The van der Waals surface area contributed by atoms with Crippen molar-refractivity contribution in [3.63, 3.8) is 0 Å². The number of allylic oxidation sites excluding steroid dienone is 9. The molecule has 1 aromatic rings. The van der Waals surface area contributed by atoms with Crippen molar-refractivity contribution >= 4 is 17.3 Å². The maximum atomic E-state index is 2.37. The molecule has 0 spiro atoms. The third-order valence-corrected chi connectivity index (χ3v) is 5.31. The summed E-state index contributed by atoms with van der Waals surface area (Å²) in [6.45, 7) is 8.75. The van der Waals surface area contributed by atoms with Crippen molar-refractivity contribution in [1.82, 2.24) is 0 Å². The molecule has 2 aliphatic carbocycles. The molecule has 0 N–H and O–H groups in total. The molecule has 0 fully saturated rings. The minimum Gasteiger partial charge on any atom is -0.0901 e. The highest BCUT2D eigenvalue weighted by Gasteiger charge is 2.07. The first kappa shape index (κ1) is 20.6. The quantitative estimate of drug-likeness (QED) is 0.517. The van der Waals surface area contributed by atoms with Gasteiger partial charge in [0, 0.05) is 9.80 Å². The van der Waals surface area contributed by atoms with Crippen molar-refractivity contribution < 1.29 is 0 Å². The van der Waals surface area contributed by atoms with Crippen LogP contribution in [0.4, 0.5) is 0 Å². The number of hydrogen-bond acceptors (Lipinski definition) is 1. The fraction of sp³-hybridized carbons (Fsp3) is 0.360. The first-order chi connectivity index (χ1) is 12.7. The summed E-state index contributed by atoms with van der Waals surface area (Å²) >= 11 is 1.84. The maximum absolute atomic E-state index is 2.37. The van der Waals surface area contributed by atoms with Gasteiger partial charge in [-0.1, -0.05) is 100 Å². The zero-order valence-electron chi connectivity index (χ0n) is 16.7. The Morgan fingerprint density at radius 1 is 0.962 bits per heavy atom. The van der Waals surface area contributed by atoms with Gasteiger partial charge in [0.15, 0.2) is 0 Å². The number of rotatable bonds is 4. The van der Waals surface area contributed by atoms with Gasteiger partial charge in [0.1, 0.15) is 0 Å². The van der Waals surface area contributed by atoms with Gasteiger partial charge in [-0.2, -0.15) is 0 Å². The second kappa shape index (κ2) is 11.1. The van der Waals surface area contributed by atoms with Gasteiger partial charge in [-0.05, 0) is 54.5 Å². The molecule has 2 aliphatic rings. The van der Waals surface area contributed by atoms with Crippen LogP contribution in [0.15, 0.2) is 82.2 Å². The fourth-order valence-electron chi connectivity index (χ4n) is 2.86. The number of thioether (sulfide) groups is 1. The minimum absolute atomic E-state index is 0.643. The molecule has 1 heteroatoms. The summed E-state index contributed by atoms with van der Waals surface area (Å²) < 4.78 is 0. The third kappa shape index (κ3) is 6.53. The lowest BCUT2D eigenvalue weighted by molar-refractivity contribution is 0.740. The van der Waals surface area contributed by atoms with Gasteiger partial charge < -0.3 is 0 Å². The molecule has 0 aliphatic heterocycles. The van der Waals surface area contributed by atoms with E-state index in [0.29, 0.717) is 5.92 Å². The van der Waals surface area contributed by atoms with Crippen LogP contribution in [0.3, 0.4) is 0 Å². The Bertz CT molecular complexity index is 711. The Morgan fingerprint density at radius 3 is 2.35 bits per heavy atom. The van der Waals surface area contributed by atoms with Crippen LogP contribution < -0.4 is 0 Å². The highest BCUT2D eigenvalue weighted by Crippen LogP contribution is 2.31. The van der Waals surface area contributed by atoms with Crippen molar-refractivity contribution in [2.24, 2.45) is 5.92 Å². The second-order valence-corrected chi connectivity index (χ2v) is 8.07. The van der Waals surface area contributed by atoms with Gasteiger partial charge in [-0.25, -0.2) is 0 Å². The molecule has 0 aromatic heterocycles. The summed E-state index contributed by atoms with van der Waals surface area (Å²) in [5.41, 5.74) is 4.16. The van der Waals surface area contributed by atoms with Crippen molar-refractivity contribution in [1.29, 1.82) is 0 Å². The number of hydrogen-bond donors (Lipinski definition) is 0. The molecule has 3 rings (SSSR count). The maximum Gasteiger partial charge on any atom is 0.0122 e. The van der Waals surface area contributed by atoms with E-state index in [1.54, 1.807) is 0 Å². The summed E-state index contributed by atoms with van der Waals surface area (Å²) in [6, 6.07) is 8.95. The molecule has 26 heavy (non-hydrogen) atoms. The van der Waals surface area contributed by atoms with E-state index in [0.717, 1.165) is 19.3 Å². The first-order valence-electron chi connectivity index (χ1n) is 9.89. The zero-order chi connectivity index (χ0) is 18.8. The predicted molar refractivity (Wildman–Crippen MR) is 119 cm³/mol. The van der Waals surface area contributed by atoms with E-state index in [2.05, 4.69) is 94.5 Å². The summed E-state index contributed by atoms with van der Waals surface area (Å²) in [5, 5.41) is 0. The standard InChI is InChI=1S/C22H24S.C3H8/c1-3-18-7-5-9-21(13-10-18)23-22-14-11-19(12-15-22)20-8-4-6-17(2)16-20;1-3-2/h4-5,8-17H,3,6-7H2,1-2H3;3H2,1-2H3. The van der Waals surface area contributed by atoms with Crippen LogP contribution in [0.25, 0.3) is 5.57 Å². The van der Waals surface area contributed by atoms with E-state index in [4.69, 9.17) is 0 Å². The van der Waals surface area contributed by atoms with Gasteiger partial charge in [0.05, 0.1) is 0 Å². The van der Waals surface area contributed by atoms with Crippen LogP contribution in [0.1, 0.15) is 58.9 Å². The van der Waals surface area contributed by atoms with Gasteiger partial charge in [-0.3, -0.25) is 0 Å². The van der Waals surface area contributed by atoms with Crippen LogP contribution in [0.5, 0.6) is 0 Å². The third-order valence-electron chi connectivity index (χ3n) is 4.29. The molecule has 0 radical (unpaired) electrons. The fourth-order valence-corrected chi connectivity index (χ4v) is 3.71. The lowest BCUT2D eigenvalue weighted by Crippen LogP contribution is -1.94. The lowest BCUT2D eigenvalue weighted by Gasteiger charge is -2.13. The Kier molecular flexibility index (Phi) is 8.77. The molecular weight excluding hydrogens is 332 g/mol. The van der Waals surface area contributed by atoms with Crippen LogP contribution in [0.2, 0.25) is 0 Å².